The maximum atomic E-state index is 12.0. The molecule has 104 valence electrons. The molecular weight excluding hydrogens is 266 g/mol. The largest absolute Gasteiger partial charge is 0.489 e. The van der Waals surface area contributed by atoms with Crippen LogP contribution in [0.1, 0.15) is 26.7 Å². The average Bonchev–Trinajstić information content (AvgIpc) is 3.13. The summed E-state index contributed by atoms with van der Waals surface area (Å²) in [7, 11) is 1.55. The van der Waals surface area contributed by atoms with Gasteiger partial charge >= 0.3 is 0 Å². The lowest BCUT2D eigenvalue weighted by molar-refractivity contribution is -0.128. The molecule has 0 bridgehead atoms. The topological polar surface area (TPSA) is 47.6 Å². The number of amides is 1. The Labute approximate surface area is 118 Å². The molecule has 19 heavy (non-hydrogen) atoms. The van der Waals surface area contributed by atoms with E-state index in [4.69, 9.17) is 21.1 Å². The van der Waals surface area contributed by atoms with Gasteiger partial charge in [-0.25, -0.2) is 0 Å². The number of nitrogens with one attached hydrogen (secondary N) is 1. The molecule has 1 saturated carbocycles. The fourth-order valence-corrected chi connectivity index (χ4v) is 2.04. The number of hydrogen-bond donors (Lipinski definition) is 1. The summed E-state index contributed by atoms with van der Waals surface area (Å²) in [4.78, 5) is 12.0. The van der Waals surface area contributed by atoms with Crippen LogP contribution >= 0.6 is 11.6 Å². The van der Waals surface area contributed by atoms with Crippen molar-refractivity contribution >= 4 is 23.2 Å². The first-order valence-corrected chi connectivity index (χ1v) is 6.67. The summed E-state index contributed by atoms with van der Waals surface area (Å²) in [5.41, 5.74) is 0.00832. The van der Waals surface area contributed by atoms with E-state index in [0.29, 0.717) is 16.5 Å². The predicted octanol–water partition coefficient (Wildman–Crippen LogP) is 3.24. The van der Waals surface area contributed by atoms with Gasteiger partial charge in [0.1, 0.15) is 11.4 Å². The van der Waals surface area contributed by atoms with Gasteiger partial charge in [0.05, 0.1) is 11.1 Å². The van der Waals surface area contributed by atoms with Gasteiger partial charge in [-0.3, -0.25) is 4.79 Å². The molecule has 1 aliphatic rings. The van der Waals surface area contributed by atoms with E-state index in [1.165, 1.54) is 0 Å². The fraction of sp³-hybridized carbons (Fsp3) is 0.500. The fourth-order valence-electron chi connectivity index (χ4n) is 1.81. The van der Waals surface area contributed by atoms with Crippen LogP contribution in [0.15, 0.2) is 18.2 Å². The van der Waals surface area contributed by atoms with Gasteiger partial charge in [-0.05, 0) is 44.9 Å². The summed E-state index contributed by atoms with van der Waals surface area (Å²) in [5.74, 6) is 0.492. The summed E-state index contributed by atoms with van der Waals surface area (Å²) >= 11 is 6.11. The monoisotopic (exact) mass is 283 g/mol. The van der Waals surface area contributed by atoms with Crippen LogP contribution in [0.2, 0.25) is 5.02 Å². The third-order valence-electron chi connectivity index (χ3n) is 3.06. The number of hydrogen-bond acceptors (Lipinski definition) is 3. The third-order valence-corrected chi connectivity index (χ3v) is 3.36. The zero-order chi connectivity index (χ0) is 14.0. The van der Waals surface area contributed by atoms with E-state index in [1.54, 1.807) is 25.3 Å². The SMILES string of the molecule is COC1(C(=O)Nc2ccc(OC(C)C)c(Cl)c2)CC1. The zero-order valence-corrected chi connectivity index (χ0v) is 12.1. The Hall–Kier alpha value is -1.26. The molecule has 1 aromatic rings. The molecule has 0 heterocycles. The van der Waals surface area contributed by atoms with Crippen molar-refractivity contribution < 1.29 is 14.3 Å². The number of halogens is 1. The van der Waals surface area contributed by atoms with E-state index in [2.05, 4.69) is 5.32 Å². The Bertz CT molecular complexity index is 484. The second kappa shape index (κ2) is 5.39. The second-order valence-electron chi connectivity index (χ2n) is 4.96. The van der Waals surface area contributed by atoms with Crippen LogP contribution in [-0.4, -0.2) is 24.7 Å². The van der Waals surface area contributed by atoms with E-state index >= 15 is 0 Å². The summed E-state index contributed by atoms with van der Waals surface area (Å²) in [6, 6.07) is 5.21. The van der Waals surface area contributed by atoms with Gasteiger partial charge in [-0.2, -0.15) is 0 Å². The minimum atomic E-state index is -0.639. The number of carbonyl (C=O) groups excluding carboxylic acids is 1. The van der Waals surface area contributed by atoms with Crippen molar-refractivity contribution in [3.63, 3.8) is 0 Å². The van der Waals surface area contributed by atoms with Crippen molar-refractivity contribution in [2.45, 2.75) is 38.4 Å². The Morgan fingerprint density at radius 2 is 2.11 bits per heavy atom. The quantitative estimate of drug-likeness (QED) is 0.902. The molecule has 1 aromatic carbocycles. The van der Waals surface area contributed by atoms with E-state index in [9.17, 15) is 4.79 Å². The van der Waals surface area contributed by atoms with Crippen molar-refractivity contribution in [3.05, 3.63) is 23.2 Å². The maximum Gasteiger partial charge on any atom is 0.256 e. The van der Waals surface area contributed by atoms with E-state index in [1.807, 2.05) is 13.8 Å². The van der Waals surface area contributed by atoms with Gasteiger partial charge in [-0.15, -0.1) is 0 Å². The first-order valence-electron chi connectivity index (χ1n) is 6.30. The highest BCUT2D eigenvalue weighted by Crippen LogP contribution is 2.40. The molecule has 1 N–H and O–H groups in total. The van der Waals surface area contributed by atoms with Crippen LogP contribution in [0.5, 0.6) is 5.75 Å². The number of anilines is 1. The second-order valence-corrected chi connectivity index (χ2v) is 5.37. The first-order chi connectivity index (χ1) is 8.97. The Balaban J connectivity index is 2.06. The number of benzene rings is 1. The Morgan fingerprint density at radius 1 is 1.42 bits per heavy atom. The maximum absolute atomic E-state index is 12.0. The van der Waals surface area contributed by atoms with Gasteiger partial charge in [0.2, 0.25) is 0 Å². The molecule has 0 atom stereocenters. The van der Waals surface area contributed by atoms with Crippen LogP contribution in [-0.2, 0) is 9.53 Å². The van der Waals surface area contributed by atoms with E-state index in [0.717, 1.165) is 12.8 Å². The molecule has 0 spiro atoms. The lowest BCUT2D eigenvalue weighted by Crippen LogP contribution is -2.31. The van der Waals surface area contributed by atoms with Crippen LogP contribution in [0.4, 0.5) is 5.69 Å². The highest BCUT2D eigenvalue weighted by Gasteiger charge is 2.50. The van der Waals surface area contributed by atoms with Crippen LogP contribution in [0, 0.1) is 0 Å². The van der Waals surface area contributed by atoms with Crippen molar-refractivity contribution in [2.24, 2.45) is 0 Å². The van der Waals surface area contributed by atoms with Crippen molar-refractivity contribution in [1.82, 2.24) is 0 Å². The number of rotatable bonds is 5. The molecule has 4 nitrogen and oxygen atoms in total. The van der Waals surface area contributed by atoms with E-state index < -0.39 is 5.60 Å². The first kappa shape index (κ1) is 14.2. The van der Waals surface area contributed by atoms with Crippen LogP contribution in [0.3, 0.4) is 0 Å². The minimum Gasteiger partial charge on any atom is -0.489 e. The van der Waals surface area contributed by atoms with Gasteiger partial charge in [-0.1, -0.05) is 11.6 Å². The molecule has 5 heteroatoms. The minimum absolute atomic E-state index is 0.0566. The Kier molecular flexibility index (Phi) is 4.02. The van der Waals surface area contributed by atoms with Gasteiger partial charge < -0.3 is 14.8 Å². The van der Waals surface area contributed by atoms with E-state index in [-0.39, 0.29) is 12.0 Å². The molecule has 0 aromatic heterocycles. The number of ether oxygens (including phenoxy) is 2. The summed E-state index contributed by atoms with van der Waals surface area (Å²) in [6.07, 6.45) is 1.58. The van der Waals surface area contributed by atoms with Gasteiger partial charge in [0.15, 0.2) is 0 Å². The molecule has 0 aliphatic heterocycles. The number of carbonyl (C=O) groups is 1. The molecule has 0 radical (unpaired) electrons. The molecule has 2 rings (SSSR count). The summed E-state index contributed by atoms with van der Waals surface area (Å²) in [5, 5.41) is 3.29. The lowest BCUT2D eigenvalue weighted by atomic mass is 10.2. The highest BCUT2D eigenvalue weighted by atomic mass is 35.5. The van der Waals surface area contributed by atoms with Gasteiger partial charge in [0, 0.05) is 12.8 Å². The number of methoxy groups -OCH3 is 1. The molecular formula is C14H18ClNO3. The highest BCUT2D eigenvalue weighted by molar-refractivity contribution is 6.32. The normalized spacial score (nSPS) is 16.3. The molecule has 1 fully saturated rings. The third kappa shape index (κ3) is 3.19. The van der Waals surface area contributed by atoms with Crippen molar-refractivity contribution in [3.8, 4) is 5.75 Å². The predicted molar refractivity (Wildman–Crippen MR) is 74.8 cm³/mol. The molecule has 1 aliphatic carbocycles. The standard InChI is InChI=1S/C14H18ClNO3/c1-9(2)19-12-5-4-10(8-11(12)15)16-13(17)14(18-3)6-7-14/h4-5,8-9H,6-7H2,1-3H3,(H,16,17). The van der Waals surface area contributed by atoms with Gasteiger partial charge in [0.25, 0.3) is 5.91 Å². The zero-order valence-electron chi connectivity index (χ0n) is 11.3. The summed E-state index contributed by atoms with van der Waals surface area (Å²) < 4.78 is 10.8. The summed E-state index contributed by atoms with van der Waals surface area (Å²) in [6.45, 7) is 3.86. The smallest absolute Gasteiger partial charge is 0.256 e. The molecule has 1 amide bonds. The van der Waals surface area contributed by atoms with Crippen LogP contribution < -0.4 is 10.1 Å². The lowest BCUT2D eigenvalue weighted by Gasteiger charge is -2.15. The molecule has 0 unspecified atom stereocenters. The molecule has 0 saturated heterocycles. The van der Waals surface area contributed by atoms with Crippen LogP contribution in [0.25, 0.3) is 0 Å². The Morgan fingerprint density at radius 3 is 2.58 bits per heavy atom. The average molecular weight is 284 g/mol. The van der Waals surface area contributed by atoms with Crippen molar-refractivity contribution in [1.29, 1.82) is 0 Å². The van der Waals surface area contributed by atoms with Crippen molar-refractivity contribution in [2.75, 3.05) is 12.4 Å².